The second-order valence-corrected chi connectivity index (χ2v) is 6.79. The fourth-order valence-corrected chi connectivity index (χ4v) is 2.88. The number of nitrogens with one attached hydrogen (secondary N) is 2. The number of aryl methyl sites for hydroxylation is 3. The molecule has 122 valence electrons. The lowest BCUT2D eigenvalue weighted by atomic mass is 10.1. The van der Waals surface area contributed by atoms with E-state index < -0.39 is 0 Å². The zero-order valence-corrected chi connectivity index (χ0v) is 14.6. The third kappa shape index (κ3) is 4.69. The lowest BCUT2D eigenvalue weighted by molar-refractivity contribution is -0.115. The molecule has 0 aliphatic heterocycles. The number of amides is 1. The Balaban J connectivity index is 2.09. The van der Waals surface area contributed by atoms with Crippen LogP contribution in [0.4, 0.5) is 5.69 Å². The minimum atomic E-state index is -0.370. The van der Waals surface area contributed by atoms with Crippen molar-refractivity contribution in [1.82, 2.24) is 9.97 Å². The summed E-state index contributed by atoms with van der Waals surface area (Å²) < 4.78 is 0. The van der Waals surface area contributed by atoms with Crippen LogP contribution in [0.1, 0.15) is 30.7 Å². The molecule has 1 aromatic heterocycles. The van der Waals surface area contributed by atoms with Crippen LogP contribution in [0, 0.1) is 13.8 Å². The van der Waals surface area contributed by atoms with Crippen molar-refractivity contribution >= 4 is 23.4 Å². The Morgan fingerprint density at radius 2 is 2.09 bits per heavy atom. The molecule has 1 amide bonds. The SMILES string of the molecule is CCc1cc(=O)[nH]c(SC(C)C(=O)Nc2cc(C)ccc2C)n1. The van der Waals surface area contributed by atoms with Crippen LogP contribution in [0.5, 0.6) is 0 Å². The molecule has 2 aromatic rings. The number of aromatic nitrogens is 2. The van der Waals surface area contributed by atoms with Crippen LogP contribution in [0.2, 0.25) is 0 Å². The first-order valence-electron chi connectivity index (χ1n) is 7.54. The third-order valence-corrected chi connectivity index (χ3v) is 4.43. The smallest absolute Gasteiger partial charge is 0.251 e. The molecular weight excluding hydrogens is 310 g/mol. The Labute approximate surface area is 139 Å². The number of carbonyl (C=O) groups is 1. The Hall–Kier alpha value is -2.08. The topological polar surface area (TPSA) is 74.8 Å². The maximum Gasteiger partial charge on any atom is 0.251 e. The molecule has 2 rings (SSSR count). The first-order chi connectivity index (χ1) is 10.9. The van der Waals surface area contributed by atoms with Gasteiger partial charge in [-0.3, -0.25) is 9.59 Å². The molecule has 0 aliphatic carbocycles. The van der Waals surface area contributed by atoms with Gasteiger partial charge < -0.3 is 10.3 Å². The fourth-order valence-electron chi connectivity index (χ4n) is 2.05. The number of H-pyrrole nitrogens is 1. The van der Waals surface area contributed by atoms with Crippen LogP contribution in [0.15, 0.2) is 34.2 Å². The summed E-state index contributed by atoms with van der Waals surface area (Å²) in [6, 6.07) is 7.41. The number of anilines is 1. The molecule has 0 fully saturated rings. The third-order valence-electron chi connectivity index (χ3n) is 3.44. The molecule has 1 unspecified atom stereocenters. The predicted molar refractivity (Wildman–Crippen MR) is 94.1 cm³/mol. The minimum Gasteiger partial charge on any atom is -0.325 e. The molecule has 1 atom stereocenters. The second kappa shape index (κ2) is 7.46. The average molecular weight is 331 g/mol. The van der Waals surface area contributed by atoms with E-state index in [9.17, 15) is 9.59 Å². The van der Waals surface area contributed by atoms with Gasteiger partial charge in [0.25, 0.3) is 5.56 Å². The van der Waals surface area contributed by atoms with Gasteiger partial charge in [0.1, 0.15) is 0 Å². The molecule has 23 heavy (non-hydrogen) atoms. The minimum absolute atomic E-state index is 0.117. The Kier molecular flexibility index (Phi) is 5.60. The summed E-state index contributed by atoms with van der Waals surface area (Å²) in [5.41, 5.74) is 3.44. The number of nitrogens with zero attached hydrogens (tertiary/aromatic N) is 1. The average Bonchev–Trinajstić information content (AvgIpc) is 2.50. The van der Waals surface area contributed by atoms with Crippen molar-refractivity contribution in [2.45, 2.75) is 44.5 Å². The van der Waals surface area contributed by atoms with Gasteiger partial charge in [-0.05, 0) is 44.4 Å². The van der Waals surface area contributed by atoms with Gasteiger partial charge >= 0.3 is 0 Å². The fraction of sp³-hybridized carbons (Fsp3) is 0.353. The highest BCUT2D eigenvalue weighted by Gasteiger charge is 2.17. The van der Waals surface area contributed by atoms with Crippen LogP contribution in [0.25, 0.3) is 0 Å². The lowest BCUT2D eigenvalue weighted by Crippen LogP contribution is -2.23. The van der Waals surface area contributed by atoms with E-state index in [2.05, 4.69) is 15.3 Å². The largest absolute Gasteiger partial charge is 0.325 e. The number of hydrogen-bond acceptors (Lipinski definition) is 4. The van der Waals surface area contributed by atoms with Crippen molar-refractivity contribution in [3.05, 3.63) is 51.4 Å². The van der Waals surface area contributed by atoms with Crippen molar-refractivity contribution in [3.8, 4) is 0 Å². The zero-order chi connectivity index (χ0) is 17.0. The van der Waals surface area contributed by atoms with Crippen molar-refractivity contribution in [2.75, 3.05) is 5.32 Å². The van der Waals surface area contributed by atoms with E-state index in [0.29, 0.717) is 11.6 Å². The molecule has 1 heterocycles. The molecule has 0 radical (unpaired) electrons. The monoisotopic (exact) mass is 331 g/mol. The van der Waals surface area contributed by atoms with Crippen molar-refractivity contribution < 1.29 is 4.79 Å². The summed E-state index contributed by atoms with van der Waals surface area (Å²) in [4.78, 5) is 31.0. The Morgan fingerprint density at radius 1 is 1.35 bits per heavy atom. The highest BCUT2D eigenvalue weighted by Crippen LogP contribution is 2.22. The first-order valence-corrected chi connectivity index (χ1v) is 8.42. The van der Waals surface area contributed by atoms with Gasteiger partial charge in [0, 0.05) is 17.4 Å². The van der Waals surface area contributed by atoms with E-state index in [1.807, 2.05) is 39.0 Å². The summed E-state index contributed by atoms with van der Waals surface area (Å²) in [6.07, 6.45) is 0.681. The molecule has 0 saturated carbocycles. The van der Waals surface area contributed by atoms with E-state index in [1.165, 1.54) is 17.8 Å². The molecule has 2 N–H and O–H groups in total. The lowest BCUT2D eigenvalue weighted by Gasteiger charge is -2.13. The maximum atomic E-state index is 12.4. The first kappa shape index (κ1) is 17.3. The molecular formula is C17H21N3O2S. The standard InChI is InChI=1S/C17H21N3O2S/c1-5-13-9-15(21)20-17(18-13)23-12(4)16(22)19-14-8-10(2)6-7-11(14)3/h6-9,12H,5H2,1-4H3,(H,19,22)(H,18,20,21). The highest BCUT2D eigenvalue weighted by atomic mass is 32.2. The molecule has 5 nitrogen and oxygen atoms in total. The normalized spacial score (nSPS) is 12.0. The number of benzene rings is 1. The van der Waals surface area contributed by atoms with Crippen LogP contribution in [-0.4, -0.2) is 21.1 Å². The molecule has 0 aliphatic rings. The van der Waals surface area contributed by atoms with Gasteiger partial charge in [0.05, 0.1) is 5.25 Å². The van der Waals surface area contributed by atoms with Gasteiger partial charge in [0.15, 0.2) is 5.16 Å². The second-order valence-electron chi connectivity index (χ2n) is 5.46. The molecule has 0 bridgehead atoms. The van der Waals surface area contributed by atoms with E-state index in [0.717, 1.165) is 22.5 Å². The zero-order valence-electron chi connectivity index (χ0n) is 13.8. The summed E-state index contributed by atoms with van der Waals surface area (Å²) in [6.45, 7) is 7.67. The Morgan fingerprint density at radius 3 is 2.78 bits per heavy atom. The summed E-state index contributed by atoms with van der Waals surface area (Å²) in [5.74, 6) is -0.117. The molecule has 6 heteroatoms. The van der Waals surface area contributed by atoms with Gasteiger partial charge in [-0.2, -0.15) is 0 Å². The summed E-state index contributed by atoms with van der Waals surface area (Å²) in [5, 5.41) is 3.03. The highest BCUT2D eigenvalue weighted by molar-refractivity contribution is 8.00. The van der Waals surface area contributed by atoms with Gasteiger partial charge in [-0.15, -0.1) is 0 Å². The molecule has 0 saturated heterocycles. The number of thioether (sulfide) groups is 1. The predicted octanol–water partition coefficient (Wildman–Crippen LogP) is 3.07. The van der Waals surface area contributed by atoms with Crippen LogP contribution < -0.4 is 10.9 Å². The van der Waals surface area contributed by atoms with Crippen LogP contribution in [-0.2, 0) is 11.2 Å². The van der Waals surface area contributed by atoms with Gasteiger partial charge in [-0.25, -0.2) is 4.98 Å². The van der Waals surface area contributed by atoms with Crippen molar-refractivity contribution in [1.29, 1.82) is 0 Å². The number of hydrogen-bond donors (Lipinski definition) is 2. The maximum absolute atomic E-state index is 12.4. The number of aromatic amines is 1. The molecule has 1 aromatic carbocycles. The Bertz CT molecular complexity index is 771. The molecule has 0 spiro atoms. The summed E-state index contributed by atoms with van der Waals surface area (Å²) in [7, 11) is 0. The quantitative estimate of drug-likeness (QED) is 0.652. The van der Waals surface area contributed by atoms with Gasteiger partial charge in [0.2, 0.25) is 5.91 Å². The van der Waals surface area contributed by atoms with Crippen LogP contribution in [0.3, 0.4) is 0 Å². The van der Waals surface area contributed by atoms with Crippen LogP contribution >= 0.6 is 11.8 Å². The van der Waals surface area contributed by atoms with Crippen molar-refractivity contribution in [3.63, 3.8) is 0 Å². The van der Waals surface area contributed by atoms with E-state index in [-0.39, 0.29) is 16.7 Å². The van der Waals surface area contributed by atoms with Crippen molar-refractivity contribution in [2.24, 2.45) is 0 Å². The van der Waals surface area contributed by atoms with Gasteiger partial charge in [-0.1, -0.05) is 30.8 Å². The number of rotatable bonds is 5. The number of carbonyl (C=O) groups excluding carboxylic acids is 1. The van der Waals surface area contributed by atoms with E-state index in [1.54, 1.807) is 6.92 Å². The van der Waals surface area contributed by atoms with E-state index in [4.69, 9.17) is 0 Å². The summed E-state index contributed by atoms with van der Waals surface area (Å²) >= 11 is 1.25. The van der Waals surface area contributed by atoms with E-state index >= 15 is 0 Å².